The van der Waals surface area contributed by atoms with Crippen molar-refractivity contribution in [2.24, 2.45) is 5.73 Å². The Kier molecular flexibility index (Phi) is 5.97. The maximum absolute atomic E-state index is 14.3. The average Bonchev–Trinajstić information content (AvgIpc) is 3.27. The second kappa shape index (κ2) is 9.36. The minimum atomic E-state index is -0.262. The van der Waals surface area contributed by atoms with Gasteiger partial charge in [0.05, 0.1) is 34.3 Å². The van der Waals surface area contributed by atoms with Gasteiger partial charge in [-0.05, 0) is 42.8 Å². The molecule has 5 aromatic rings. The number of rotatable bonds is 7. The quantitative estimate of drug-likeness (QED) is 0.376. The van der Waals surface area contributed by atoms with Crippen LogP contribution in [-0.4, -0.2) is 38.1 Å². The second-order valence-corrected chi connectivity index (χ2v) is 7.89. The molecule has 0 saturated carbocycles. The number of nitrogens with zero attached hydrogens (tertiary/aromatic N) is 4. The molecule has 0 atom stereocenters. The Morgan fingerprint density at radius 2 is 1.85 bits per heavy atom. The van der Waals surface area contributed by atoms with Crippen LogP contribution in [0.1, 0.15) is 17.1 Å². The van der Waals surface area contributed by atoms with Gasteiger partial charge in [-0.25, -0.2) is 19.3 Å². The van der Waals surface area contributed by atoms with Crippen LogP contribution in [0.25, 0.3) is 33.7 Å². The van der Waals surface area contributed by atoms with Gasteiger partial charge in [0.15, 0.2) is 0 Å². The van der Waals surface area contributed by atoms with Crippen LogP contribution in [0.2, 0.25) is 0 Å². The summed E-state index contributed by atoms with van der Waals surface area (Å²) in [5.41, 5.74) is 11.5. The van der Waals surface area contributed by atoms with E-state index in [1.807, 2.05) is 49.4 Å². The molecule has 34 heavy (non-hydrogen) atoms. The van der Waals surface area contributed by atoms with Crippen LogP contribution in [0, 0.1) is 12.7 Å². The summed E-state index contributed by atoms with van der Waals surface area (Å²) in [7, 11) is 0. The monoisotopic (exact) mass is 454 g/mol. The normalized spacial score (nSPS) is 11.1. The van der Waals surface area contributed by atoms with Crippen LogP contribution in [0.4, 0.5) is 4.39 Å². The van der Waals surface area contributed by atoms with Gasteiger partial charge in [0.2, 0.25) is 5.88 Å². The first kappa shape index (κ1) is 21.7. The van der Waals surface area contributed by atoms with Gasteiger partial charge in [-0.1, -0.05) is 30.3 Å². The Morgan fingerprint density at radius 3 is 2.68 bits per heavy atom. The number of hydrogen-bond acceptors (Lipinski definition) is 6. The molecular formula is C26H23FN6O. The van der Waals surface area contributed by atoms with Crippen molar-refractivity contribution in [2.45, 2.75) is 13.3 Å². The van der Waals surface area contributed by atoms with Crippen molar-refractivity contribution in [1.82, 2.24) is 24.9 Å². The third-order valence-electron chi connectivity index (χ3n) is 5.37. The van der Waals surface area contributed by atoms with E-state index >= 15 is 0 Å². The van der Waals surface area contributed by atoms with Crippen LogP contribution < -0.4 is 10.5 Å². The summed E-state index contributed by atoms with van der Waals surface area (Å²) in [5.74, 6) is 0.796. The van der Waals surface area contributed by atoms with E-state index in [1.54, 1.807) is 18.3 Å². The summed E-state index contributed by atoms with van der Waals surface area (Å²) in [5, 5.41) is 0. The summed E-state index contributed by atoms with van der Waals surface area (Å²) in [6.07, 6.45) is 1.91. The van der Waals surface area contributed by atoms with Crippen LogP contribution >= 0.6 is 0 Å². The number of nitrogens with one attached hydrogen (secondary N) is 1. The van der Waals surface area contributed by atoms with Crippen molar-refractivity contribution in [3.8, 4) is 28.5 Å². The predicted molar refractivity (Wildman–Crippen MR) is 129 cm³/mol. The van der Waals surface area contributed by atoms with Gasteiger partial charge < -0.3 is 15.5 Å². The molecule has 0 amide bonds. The number of aromatic amines is 1. The fourth-order valence-corrected chi connectivity index (χ4v) is 3.78. The number of fused-ring (bicyclic) bond motifs is 1. The van der Waals surface area contributed by atoms with Gasteiger partial charge in [-0.3, -0.25) is 4.98 Å². The van der Waals surface area contributed by atoms with E-state index in [0.29, 0.717) is 48.1 Å². The number of benzene rings is 2. The molecular weight excluding hydrogens is 431 g/mol. The first-order chi connectivity index (χ1) is 16.6. The lowest BCUT2D eigenvalue weighted by molar-refractivity contribution is 0.315. The van der Waals surface area contributed by atoms with Crippen LogP contribution in [-0.2, 0) is 6.42 Å². The van der Waals surface area contributed by atoms with E-state index in [1.165, 1.54) is 6.07 Å². The highest BCUT2D eigenvalue weighted by Gasteiger charge is 2.17. The molecule has 2 aromatic carbocycles. The molecule has 5 rings (SSSR count). The molecule has 0 radical (unpaired) electrons. The summed E-state index contributed by atoms with van der Waals surface area (Å²) in [6.45, 7) is 2.70. The minimum Gasteiger partial charge on any atom is -0.475 e. The van der Waals surface area contributed by atoms with Gasteiger partial charge in [0.25, 0.3) is 0 Å². The number of halogens is 1. The highest BCUT2D eigenvalue weighted by molar-refractivity contribution is 5.85. The standard InChI is InChI=1S/C26H23FN6O/c1-16-5-4-8-21(30-16)26-25(32-23(33-26)14-17-6-2-3-7-19(17)27)18-9-10-20-22(13-18)31-24(15-29-20)34-12-11-28/h2-10,13,15H,11-12,14,28H2,1H3,(H,32,33). The highest BCUT2D eigenvalue weighted by Crippen LogP contribution is 2.31. The number of imidazole rings is 1. The molecule has 3 aromatic heterocycles. The fraction of sp³-hybridized carbons (Fsp3) is 0.154. The first-order valence-corrected chi connectivity index (χ1v) is 11.0. The van der Waals surface area contributed by atoms with E-state index in [-0.39, 0.29) is 5.82 Å². The number of aryl methyl sites for hydroxylation is 1. The molecule has 3 heterocycles. The molecule has 0 saturated heterocycles. The highest BCUT2D eigenvalue weighted by atomic mass is 19.1. The lowest BCUT2D eigenvalue weighted by Crippen LogP contribution is -2.11. The van der Waals surface area contributed by atoms with E-state index in [4.69, 9.17) is 15.5 Å². The zero-order chi connectivity index (χ0) is 23.5. The van der Waals surface area contributed by atoms with E-state index in [9.17, 15) is 4.39 Å². The summed E-state index contributed by atoms with van der Waals surface area (Å²) in [4.78, 5) is 21.9. The van der Waals surface area contributed by atoms with Gasteiger partial charge in [-0.2, -0.15) is 0 Å². The minimum absolute atomic E-state index is 0.262. The molecule has 0 unspecified atom stereocenters. The molecule has 3 N–H and O–H groups in total. The third kappa shape index (κ3) is 4.49. The summed E-state index contributed by atoms with van der Waals surface area (Å²) in [6, 6.07) is 18.3. The maximum Gasteiger partial charge on any atom is 0.232 e. The van der Waals surface area contributed by atoms with Crippen LogP contribution in [0.5, 0.6) is 5.88 Å². The zero-order valence-corrected chi connectivity index (χ0v) is 18.6. The summed E-state index contributed by atoms with van der Waals surface area (Å²) < 4.78 is 19.8. The molecule has 170 valence electrons. The topological polar surface area (TPSA) is 103 Å². The Balaban J connectivity index is 1.60. The number of nitrogens with two attached hydrogens (primary N) is 1. The molecule has 0 aliphatic carbocycles. The molecule has 0 aliphatic heterocycles. The Bertz CT molecular complexity index is 1470. The second-order valence-electron chi connectivity index (χ2n) is 7.89. The van der Waals surface area contributed by atoms with Gasteiger partial charge in [0, 0.05) is 24.2 Å². The fourth-order valence-electron chi connectivity index (χ4n) is 3.78. The Hall–Kier alpha value is -4.17. The molecule has 8 heteroatoms. The molecule has 7 nitrogen and oxygen atoms in total. The van der Waals surface area contributed by atoms with Crippen molar-refractivity contribution in [3.05, 3.63) is 89.8 Å². The zero-order valence-electron chi connectivity index (χ0n) is 18.6. The maximum atomic E-state index is 14.3. The molecule has 0 spiro atoms. The Labute approximate surface area is 195 Å². The third-order valence-corrected chi connectivity index (χ3v) is 5.37. The molecule has 0 bridgehead atoms. The van der Waals surface area contributed by atoms with Crippen LogP contribution in [0.15, 0.2) is 66.9 Å². The number of aromatic nitrogens is 5. The Morgan fingerprint density at radius 1 is 0.971 bits per heavy atom. The lowest BCUT2D eigenvalue weighted by Gasteiger charge is -2.07. The van der Waals surface area contributed by atoms with Crippen molar-refractivity contribution in [1.29, 1.82) is 0 Å². The van der Waals surface area contributed by atoms with E-state index in [2.05, 4.69) is 19.9 Å². The van der Waals surface area contributed by atoms with Gasteiger partial charge >= 0.3 is 0 Å². The van der Waals surface area contributed by atoms with Crippen molar-refractivity contribution >= 4 is 11.0 Å². The van der Waals surface area contributed by atoms with Gasteiger partial charge in [-0.15, -0.1) is 0 Å². The lowest BCUT2D eigenvalue weighted by atomic mass is 10.1. The largest absolute Gasteiger partial charge is 0.475 e. The molecule has 0 aliphatic rings. The number of pyridine rings is 1. The molecule has 0 fully saturated rings. The van der Waals surface area contributed by atoms with Crippen LogP contribution in [0.3, 0.4) is 0 Å². The average molecular weight is 455 g/mol. The van der Waals surface area contributed by atoms with Crippen molar-refractivity contribution in [2.75, 3.05) is 13.2 Å². The van der Waals surface area contributed by atoms with Gasteiger partial charge in [0.1, 0.15) is 18.2 Å². The first-order valence-electron chi connectivity index (χ1n) is 11.0. The predicted octanol–water partition coefficient (Wildman–Crippen LogP) is 4.46. The van der Waals surface area contributed by atoms with E-state index < -0.39 is 0 Å². The smallest absolute Gasteiger partial charge is 0.232 e. The number of ether oxygens (including phenoxy) is 1. The van der Waals surface area contributed by atoms with Crippen molar-refractivity contribution < 1.29 is 9.13 Å². The SMILES string of the molecule is Cc1cccc(-c2[nH]c(Cc3ccccc3F)nc2-c2ccc3ncc(OCCN)nc3c2)n1. The van der Waals surface area contributed by atoms with E-state index in [0.717, 1.165) is 28.2 Å². The summed E-state index contributed by atoms with van der Waals surface area (Å²) >= 11 is 0. The number of H-pyrrole nitrogens is 1. The van der Waals surface area contributed by atoms with Crippen molar-refractivity contribution in [3.63, 3.8) is 0 Å². The number of hydrogen-bond donors (Lipinski definition) is 2.